The van der Waals surface area contributed by atoms with Gasteiger partial charge in [0.25, 0.3) is 0 Å². The Balaban J connectivity index is 2.48. The van der Waals surface area contributed by atoms with Crippen molar-refractivity contribution in [3.05, 3.63) is 12.2 Å². The fourth-order valence-corrected chi connectivity index (χ4v) is 1.36. The van der Waals surface area contributed by atoms with Crippen molar-refractivity contribution < 1.29 is 19.4 Å². The third-order valence-corrected chi connectivity index (χ3v) is 2.41. The van der Waals surface area contributed by atoms with E-state index in [1.165, 1.54) is 25.4 Å². The third-order valence-electron chi connectivity index (χ3n) is 2.41. The smallest absolute Gasteiger partial charge is 0.326 e. The highest BCUT2D eigenvalue weighted by Crippen LogP contribution is 1.98. The fourth-order valence-electron chi connectivity index (χ4n) is 1.36. The van der Waals surface area contributed by atoms with Gasteiger partial charge in [-0.2, -0.15) is 5.10 Å². The van der Waals surface area contributed by atoms with Gasteiger partial charge in [0.05, 0.1) is 6.54 Å². The normalized spacial score (nSPS) is 11.9. The lowest BCUT2D eigenvalue weighted by Gasteiger charge is -2.20. The molecule has 0 radical (unpaired) electrons. The highest BCUT2D eigenvalue weighted by atomic mass is 16.5. The minimum Gasteiger partial charge on any atom is -0.480 e. The standard InChI is InChI=1S/C10H17N5O4/c1-15(5-8-11-6-12-14-8)10(18)13-7(9(16)17)3-4-19-2/h6-7H,3-5H2,1-2H3,(H,13,18)(H,16,17)(H,11,12,14). The Morgan fingerprint density at radius 2 is 2.37 bits per heavy atom. The number of aromatic nitrogens is 3. The van der Waals surface area contributed by atoms with Gasteiger partial charge in [-0.25, -0.2) is 14.6 Å². The molecule has 2 amide bonds. The molecule has 1 atom stereocenters. The van der Waals surface area contributed by atoms with Crippen molar-refractivity contribution in [2.45, 2.75) is 19.0 Å². The van der Waals surface area contributed by atoms with E-state index in [-0.39, 0.29) is 19.6 Å². The first kappa shape index (κ1) is 14.9. The molecule has 1 aromatic heterocycles. The number of urea groups is 1. The lowest BCUT2D eigenvalue weighted by molar-refractivity contribution is -0.139. The first-order valence-corrected chi connectivity index (χ1v) is 5.62. The van der Waals surface area contributed by atoms with Crippen LogP contribution >= 0.6 is 0 Å². The summed E-state index contributed by atoms with van der Waals surface area (Å²) in [6.45, 7) is 0.464. The van der Waals surface area contributed by atoms with E-state index in [1.54, 1.807) is 0 Å². The van der Waals surface area contributed by atoms with Crippen molar-refractivity contribution in [1.29, 1.82) is 0 Å². The number of amides is 2. The Bertz CT molecular complexity index is 408. The van der Waals surface area contributed by atoms with Crippen LogP contribution in [0.1, 0.15) is 12.2 Å². The molecule has 1 unspecified atom stereocenters. The van der Waals surface area contributed by atoms with Gasteiger partial charge in [-0.05, 0) is 0 Å². The molecule has 9 heteroatoms. The molecule has 0 aromatic carbocycles. The van der Waals surface area contributed by atoms with Gasteiger partial charge in [0.15, 0.2) is 0 Å². The zero-order valence-electron chi connectivity index (χ0n) is 10.8. The van der Waals surface area contributed by atoms with E-state index in [9.17, 15) is 9.59 Å². The van der Waals surface area contributed by atoms with Crippen LogP contribution in [0.25, 0.3) is 0 Å². The Morgan fingerprint density at radius 3 is 2.89 bits per heavy atom. The molecule has 106 valence electrons. The monoisotopic (exact) mass is 271 g/mol. The molecule has 0 spiro atoms. The van der Waals surface area contributed by atoms with Crippen LogP contribution in [0.3, 0.4) is 0 Å². The molecular weight excluding hydrogens is 254 g/mol. The van der Waals surface area contributed by atoms with Crippen LogP contribution in [0.4, 0.5) is 4.79 Å². The van der Waals surface area contributed by atoms with E-state index in [0.29, 0.717) is 5.82 Å². The van der Waals surface area contributed by atoms with Crippen LogP contribution < -0.4 is 5.32 Å². The molecule has 9 nitrogen and oxygen atoms in total. The molecule has 0 saturated heterocycles. The van der Waals surface area contributed by atoms with Crippen LogP contribution in [-0.2, 0) is 16.1 Å². The van der Waals surface area contributed by atoms with Crippen molar-refractivity contribution in [3.63, 3.8) is 0 Å². The topological polar surface area (TPSA) is 120 Å². The summed E-state index contributed by atoms with van der Waals surface area (Å²) < 4.78 is 4.80. The second kappa shape index (κ2) is 7.31. The molecule has 0 aliphatic heterocycles. The van der Waals surface area contributed by atoms with Crippen molar-refractivity contribution in [2.24, 2.45) is 0 Å². The second-order valence-electron chi connectivity index (χ2n) is 3.91. The SMILES string of the molecule is COCCC(NC(=O)N(C)Cc1ncn[nH]1)C(=O)O. The number of nitrogens with zero attached hydrogens (tertiary/aromatic N) is 3. The number of carboxylic acids is 1. The van der Waals surface area contributed by atoms with Gasteiger partial charge < -0.3 is 20.1 Å². The Morgan fingerprint density at radius 1 is 1.63 bits per heavy atom. The first-order chi connectivity index (χ1) is 9.04. The number of methoxy groups -OCH3 is 1. The lowest BCUT2D eigenvalue weighted by atomic mass is 10.2. The number of carbonyl (C=O) groups is 2. The van der Waals surface area contributed by atoms with Gasteiger partial charge in [-0.1, -0.05) is 0 Å². The quantitative estimate of drug-likeness (QED) is 0.611. The highest BCUT2D eigenvalue weighted by Gasteiger charge is 2.21. The number of nitrogens with one attached hydrogen (secondary N) is 2. The van der Waals surface area contributed by atoms with Gasteiger partial charge >= 0.3 is 12.0 Å². The van der Waals surface area contributed by atoms with E-state index in [0.717, 1.165) is 0 Å². The molecular formula is C10H17N5O4. The number of carbonyl (C=O) groups excluding carboxylic acids is 1. The molecule has 1 rings (SSSR count). The highest BCUT2D eigenvalue weighted by molar-refractivity contribution is 5.82. The minimum atomic E-state index is -1.10. The summed E-state index contributed by atoms with van der Waals surface area (Å²) in [5.74, 6) is -0.583. The minimum absolute atomic E-state index is 0.202. The van der Waals surface area contributed by atoms with Crippen LogP contribution in [0.15, 0.2) is 6.33 Å². The van der Waals surface area contributed by atoms with Crippen molar-refractivity contribution >= 4 is 12.0 Å². The van der Waals surface area contributed by atoms with E-state index in [4.69, 9.17) is 9.84 Å². The van der Waals surface area contributed by atoms with E-state index >= 15 is 0 Å². The summed E-state index contributed by atoms with van der Waals surface area (Å²) in [4.78, 5) is 27.9. The van der Waals surface area contributed by atoms with Crippen molar-refractivity contribution in [1.82, 2.24) is 25.4 Å². The van der Waals surface area contributed by atoms with Crippen LogP contribution in [0.2, 0.25) is 0 Å². The third kappa shape index (κ3) is 4.92. The number of H-pyrrole nitrogens is 1. The summed E-state index contributed by atoms with van der Waals surface area (Å²) in [5, 5.41) is 17.7. The van der Waals surface area contributed by atoms with Gasteiger partial charge in [0.1, 0.15) is 18.2 Å². The number of aliphatic carboxylic acids is 1. The molecule has 0 saturated carbocycles. The zero-order valence-corrected chi connectivity index (χ0v) is 10.8. The Hall–Kier alpha value is -2.16. The van der Waals surface area contributed by atoms with Gasteiger partial charge in [-0.3, -0.25) is 5.10 Å². The lowest BCUT2D eigenvalue weighted by Crippen LogP contribution is -2.47. The number of hydrogen-bond acceptors (Lipinski definition) is 5. The van der Waals surface area contributed by atoms with Crippen molar-refractivity contribution in [2.75, 3.05) is 20.8 Å². The average Bonchev–Trinajstić information content (AvgIpc) is 2.86. The Labute approximate surface area is 110 Å². The number of ether oxygens (including phenoxy) is 1. The summed E-state index contributed by atoms with van der Waals surface area (Å²) in [7, 11) is 3.00. The largest absolute Gasteiger partial charge is 0.480 e. The predicted octanol–water partition coefficient (Wildman–Crippen LogP) is -0.564. The summed E-state index contributed by atoms with van der Waals surface area (Å²) in [6.07, 6.45) is 1.54. The molecule has 0 aliphatic carbocycles. The molecule has 0 bridgehead atoms. The van der Waals surface area contributed by atoms with E-state index < -0.39 is 18.0 Å². The van der Waals surface area contributed by atoms with Crippen molar-refractivity contribution in [3.8, 4) is 0 Å². The second-order valence-corrected chi connectivity index (χ2v) is 3.91. The number of aromatic amines is 1. The maximum Gasteiger partial charge on any atom is 0.326 e. The summed E-state index contributed by atoms with van der Waals surface area (Å²) >= 11 is 0. The maximum atomic E-state index is 11.8. The Kier molecular flexibility index (Phi) is 5.73. The molecule has 19 heavy (non-hydrogen) atoms. The summed E-state index contributed by atoms with van der Waals surface area (Å²) in [6, 6.07) is -1.48. The first-order valence-electron chi connectivity index (χ1n) is 5.62. The van der Waals surface area contributed by atoms with Gasteiger partial charge in [-0.15, -0.1) is 0 Å². The van der Waals surface area contributed by atoms with E-state index in [2.05, 4.69) is 20.5 Å². The van der Waals surface area contributed by atoms with Crippen LogP contribution in [0.5, 0.6) is 0 Å². The van der Waals surface area contributed by atoms with Crippen LogP contribution in [-0.4, -0.2) is 64.0 Å². The van der Waals surface area contributed by atoms with Gasteiger partial charge in [0, 0.05) is 27.2 Å². The zero-order chi connectivity index (χ0) is 14.3. The maximum absolute atomic E-state index is 11.8. The number of rotatable bonds is 7. The number of carboxylic acid groups (broad SMARTS) is 1. The predicted molar refractivity (Wildman–Crippen MR) is 64.3 cm³/mol. The molecule has 1 aromatic rings. The molecule has 0 aliphatic rings. The summed E-state index contributed by atoms with van der Waals surface area (Å²) in [5.41, 5.74) is 0. The average molecular weight is 271 g/mol. The number of hydrogen-bond donors (Lipinski definition) is 3. The fraction of sp³-hybridized carbons (Fsp3) is 0.600. The van der Waals surface area contributed by atoms with Gasteiger partial charge in [0.2, 0.25) is 0 Å². The van der Waals surface area contributed by atoms with Crippen LogP contribution in [0, 0.1) is 0 Å². The molecule has 1 heterocycles. The van der Waals surface area contributed by atoms with E-state index in [1.807, 2.05) is 0 Å². The molecule has 3 N–H and O–H groups in total. The molecule has 0 fully saturated rings.